The molecule has 0 radical (unpaired) electrons. The van der Waals surface area contributed by atoms with E-state index in [-0.39, 0.29) is 17.6 Å². The number of morpholine rings is 1. The minimum Gasteiger partial charge on any atom is -0.464 e. The largest absolute Gasteiger partial charge is 0.515 e. The molecule has 6 nitrogen and oxygen atoms in total. The first-order chi connectivity index (χ1) is 8.13. The van der Waals surface area contributed by atoms with Crippen LogP contribution in [0.25, 0.3) is 0 Å². The van der Waals surface area contributed by atoms with Gasteiger partial charge in [-0.3, -0.25) is 0 Å². The molecule has 1 fully saturated rings. The average molecular weight is 260 g/mol. The van der Waals surface area contributed by atoms with Gasteiger partial charge in [-0.05, 0) is 20.8 Å². The molecule has 0 bridgehead atoms. The van der Waals surface area contributed by atoms with E-state index < -0.39 is 23.1 Å². The third kappa shape index (κ3) is 1.80. The fourth-order valence-corrected chi connectivity index (χ4v) is 2.93. The maximum absolute atomic E-state index is 12.1. The Morgan fingerprint density at radius 2 is 1.94 bits per heavy atom. The van der Waals surface area contributed by atoms with E-state index in [0.29, 0.717) is 6.61 Å². The molecule has 0 spiro atoms. The molecule has 1 rings (SSSR count). The van der Waals surface area contributed by atoms with Crippen LogP contribution in [0.5, 0.6) is 0 Å². The molecule has 6 heteroatoms. The van der Waals surface area contributed by atoms with E-state index in [4.69, 9.17) is 9.47 Å². The van der Waals surface area contributed by atoms with E-state index in [0.717, 1.165) is 0 Å². The summed E-state index contributed by atoms with van der Waals surface area (Å²) in [6, 6.07) is 0. The van der Waals surface area contributed by atoms with Gasteiger partial charge < -0.3 is 14.6 Å². The maximum Gasteiger partial charge on any atom is 0.515 e. The lowest BCUT2D eigenvalue weighted by atomic mass is 9.87. The van der Waals surface area contributed by atoms with Crippen molar-refractivity contribution >= 4 is 12.1 Å². The van der Waals surface area contributed by atoms with Crippen LogP contribution in [-0.4, -0.2) is 59.6 Å². The van der Waals surface area contributed by atoms with Gasteiger partial charge in [0.25, 0.3) is 0 Å². The molecule has 18 heavy (non-hydrogen) atoms. The van der Waals surface area contributed by atoms with Crippen molar-refractivity contribution in [2.45, 2.75) is 38.8 Å². The first-order valence-electron chi connectivity index (χ1n) is 5.91. The third-order valence-corrected chi connectivity index (χ3v) is 3.89. The van der Waals surface area contributed by atoms with Crippen molar-refractivity contribution in [3.05, 3.63) is 0 Å². The summed E-state index contributed by atoms with van der Waals surface area (Å²) in [5.41, 5.74) is -1.88. The number of ether oxygens (including phenoxy) is 2. The molecular weight excluding hydrogens is 238 g/mol. The molecule has 1 heterocycles. The smallest absolute Gasteiger partial charge is 0.464 e. The molecule has 0 aromatic rings. The zero-order chi connectivity index (χ0) is 14.2. The number of hydrogen-bond donors (Lipinski definition) is 1. The lowest BCUT2D eigenvalue weighted by Crippen LogP contribution is -2.80. The number of carbonyl (C=O) groups is 2. The van der Waals surface area contributed by atoms with Gasteiger partial charge in [0.05, 0.1) is 13.7 Å². The number of nitrogens with zero attached hydrogens (tertiary/aromatic N) is 1. The summed E-state index contributed by atoms with van der Waals surface area (Å²) < 4.78 is 9.74. The molecule has 1 aliphatic heterocycles. The van der Waals surface area contributed by atoms with Crippen LogP contribution in [0.1, 0.15) is 27.7 Å². The molecule has 1 amide bonds. The third-order valence-electron chi connectivity index (χ3n) is 3.89. The van der Waals surface area contributed by atoms with Gasteiger partial charge in [0.15, 0.2) is 0 Å². The SMILES string of the molecule is COC(=O)C1(C)COCC[N+]1(C(=O)O)C(C)(C)C. The second-order valence-corrected chi connectivity index (χ2v) is 5.80. The van der Waals surface area contributed by atoms with Crippen LogP contribution in [0.2, 0.25) is 0 Å². The Labute approximate surface area is 107 Å². The number of hydrogen-bond acceptors (Lipinski definition) is 4. The second-order valence-electron chi connectivity index (χ2n) is 5.80. The predicted molar refractivity (Wildman–Crippen MR) is 64.1 cm³/mol. The van der Waals surface area contributed by atoms with E-state index in [1.165, 1.54) is 7.11 Å². The zero-order valence-corrected chi connectivity index (χ0v) is 11.6. The molecule has 104 valence electrons. The van der Waals surface area contributed by atoms with Crippen molar-refractivity contribution < 1.29 is 28.7 Å². The van der Waals surface area contributed by atoms with Gasteiger partial charge in [0, 0.05) is 6.92 Å². The first-order valence-corrected chi connectivity index (χ1v) is 5.91. The minimum atomic E-state index is -1.24. The number of carbonyl (C=O) groups excluding carboxylic acids is 1. The maximum atomic E-state index is 12.1. The fourth-order valence-electron chi connectivity index (χ4n) is 2.93. The number of methoxy groups -OCH3 is 1. The second kappa shape index (κ2) is 4.51. The lowest BCUT2D eigenvalue weighted by Gasteiger charge is -2.54. The van der Waals surface area contributed by atoms with E-state index >= 15 is 0 Å². The van der Waals surface area contributed by atoms with E-state index in [1.807, 2.05) is 20.8 Å². The van der Waals surface area contributed by atoms with Gasteiger partial charge in [0.2, 0.25) is 5.54 Å². The number of quaternary nitrogens is 1. The van der Waals surface area contributed by atoms with Crippen LogP contribution in [0.4, 0.5) is 4.79 Å². The molecular formula is C12H22NO5+. The highest BCUT2D eigenvalue weighted by atomic mass is 16.5. The molecule has 2 atom stereocenters. The molecule has 1 saturated heterocycles. The van der Waals surface area contributed by atoms with Gasteiger partial charge in [-0.15, -0.1) is 0 Å². The number of amides is 1. The van der Waals surface area contributed by atoms with Crippen molar-refractivity contribution in [3.8, 4) is 0 Å². The van der Waals surface area contributed by atoms with Gasteiger partial charge in [-0.25, -0.2) is 9.28 Å². The highest BCUT2D eigenvalue weighted by Gasteiger charge is 2.66. The molecule has 1 aliphatic rings. The minimum absolute atomic E-state index is 0.0449. The summed E-state index contributed by atoms with van der Waals surface area (Å²) in [7, 11) is 1.27. The van der Waals surface area contributed by atoms with Gasteiger partial charge >= 0.3 is 12.1 Å². The van der Waals surface area contributed by atoms with Crippen molar-refractivity contribution in [3.63, 3.8) is 0 Å². The predicted octanol–water partition coefficient (Wildman–Crippen LogP) is 1.24. The summed E-state index contributed by atoms with van der Waals surface area (Å²) in [5, 5.41) is 9.71. The standard InChI is InChI=1S/C12H21NO5/c1-11(2,3)13(10(15)16)6-7-18-8-12(13,4)9(14)17-5/h6-8H2,1-5H3/p+1. The lowest BCUT2D eigenvalue weighted by molar-refractivity contribution is -0.948. The Bertz CT molecular complexity index is 362. The average Bonchev–Trinajstić information content (AvgIpc) is 2.26. The van der Waals surface area contributed by atoms with Crippen molar-refractivity contribution in [2.75, 3.05) is 26.9 Å². The fraction of sp³-hybridized carbons (Fsp3) is 0.833. The number of carboxylic acid groups (broad SMARTS) is 1. The van der Waals surface area contributed by atoms with Gasteiger partial charge in [-0.2, -0.15) is 4.79 Å². The van der Waals surface area contributed by atoms with Gasteiger partial charge in [0.1, 0.15) is 18.7 Å². The van der Waals surface area contributed by atoms with Gasteiger partial charge in [-0.1, -0.05) is 0 Å². The Balaban J connectivity index is 3.45. The van der Waals surface area contributed by atoms with Crippen LogP contribution in [0, 0.1) is 0 Å². The molecule has 0 aromatic carbocycles. The monoisotopic (exact) mass is 260 g/mol. The number of esters is 1. The van der Waals surface area contributed by atoms with Crippen LogP contribution >= 0.6 is 0 Å². The topological polar surface area (TPSA) is 72.8 Å². The van der Waals surface area contributed by atoms with E-state index in [1.54, 1.807) is 6.92 Å². The molecule has 1 N–H and O–H groups in total. The Kier molecular flexibility index (Phi) is 3.74. The summed E-state index contributed by atoms with van der Waals surface area (Å²) in [6.07, 6.45) is -1.03. The normalized spacial score (nSPS) is 32.9. The summed E-state index contributed by atoms with van der Waals surface area (Å²) in [4.78, 5) is 23.9. The van der Waals surface area contributed by atoms with Crippen LogP contribution < -0.4 is 0 Å². The van der Waals surface area contributed by atoms with E-state index in [9.17, 15) is 14.7 Å². The Morgan fingerprint density at radius 1 is 1.39 bits per heavy atom. The Hall–Kier alpha value is -1.14. The van der Waals surface area contributed by atoms with E-state index in [2.05, 4.69) is 0 Å². The highest BCUT2D eigenvalue weighted by Crippen LogP contribution is 2.39. The molecule has 0 saturated carbocycles. The quantitative estimate of drug-likeness (QED) is 0.567. The van der Waals surface area contributed by atoms with Crippen molar-refractivity contribution in [1.82, 2.24) is 0 Å². The van der Waals surface area contributed by atoms with Crippen molar-refractivity contribution in [1.29, 1.82) is 0 Å². The van der Waals surface area contributed by atoms with Crippen LogP contribution in [0.3, 0.4) is 0 Å². The van der Waals surface area contributed by atoms with Crippen molar-refractivity contribution in [2.24, 2.45) is 0 Å². The van der Waals surface area contributed by atoms with Crippen LogP contribution in [-0.2, 0) is 14.3 Å². The molecule has 0 aliphatic carbocycles. The molecule has 0 aromatic heterocycles. The highest BCUT2D eigenvalue weighted by molar-refractivity contribution is 5.81. The summed E-state index contributed by atoms with van der Waals surface area (Å²) >= 11 is 0. The number of rotatable bonds is 1. The summed E-state index contributed by atoms with van der Waals surface area (Å²) in [6.45, 7) is 7.64. The summed E-state index contributed by atoms with van der Waals surface area (Å²) in [5.74, 6) is -0.556. The van der Waals surface area contributed by atoms with Crippen LogP contribution in [0.15, 0.2) is 0 Å². The zero-order valence-electron chi connectivity index (χ0n) is 11.6. The Morgan fingerprint density at radius 3 is 2.33 bits per heavy atom. The molecule has 2 unspecified atom stereocenters. The first kappa shape index (κ1) is 14.9.